The standard InChI is InChI=1S/C29H28F5N3O5/c1-39-27(38)20-13-35-24(12-22(20)29(32,33)34)37-16-8-9-17(37)11-18(10-16)40-14-21-25(36-42-26(21)15-6-7-15)19-4-2-3-5-23(19)41-28(30)31/h2-5,12-13,15-18,28H,6-11,14H2,1H3/t16-,17?,18?/m0/s1. The number of pyridine rings is 1. The third-order valence-corrected chi connectivity index (χ3v) is 8.14. The molecule has 224 valence electrons. The van der Waals surface area contributed by atoms with Crippen LogP contribution in [-0.4, -0.2) is 48.0 Å². The molecule has 1 aromatic carbocycles. The number of nitrogens with zero attached hydrogens (tertiary/aromatic N) is 3. The molecule has 0 radical (unpaired) electrons. The number of hydrogen-bond donors (Lipinski definition) is 0. The molecule has 2 unspecified atom stereocenters. The lowest BCUT2D eigenvalue weighted by Crippen LogP contribution is -2.46. The summed E-state index contributed by atoms with van der Waals surface area (Å²) in [5.74, 6) is -0.0909. The van der Waals surface area contributed by atoms with E-state index in [1.54, 1.807) is 18.2 Å². The Morgan fingerprint density at radius 1 is 1.12 bits per heavy atom. The molecule has 4 heterocycles. The van der Waals surface area contributed by atoms with Crippen LogP contribution in [0, 0.1) is 0 Å². The normalized spacial score (nSPS) is 22.1. The molecule has 13 heteroatoms. The van der Waals surface area contributed by atoms with Crippen LogP contribution in [0.3, 0.4) is 0 Å². The molecule has 2 bridgehead atoms. The van der Waals surface area contributed by atoms with Crippen LogP contribution in [0.5, 0.6) is 5.75 Å². The maximum atomic E-state index is 13.8. The minimum Gasteiger partial charge on any atom is -0.465 e. The second kappa shape index (κ2) is 11.2. The van der Waals surface area contributed by atoms with Gasteiger partial charge in [-0.25, -0.2) is 9.78 Å². The van der Waals surface area contributed by atoms with Crippen molar-refractivity contribution < 1.29 is 45.5 Å². The first-order chi connectivity index (χ1) is 20.1. The molecule has 6 rings (SSSR count). The molecule has 8 nitrogen and oxygen atoms in total. The highest BCUT2D eigenvalue weighted by molar-refractivity contribution is 5.91. The van der Waals surface area contributed by atoms with Crippen LogP contribution in [0.1, 0.15) is 71.7 Å². The van der Waals surface area contributed by atoms with E-state index in [2.05, 4.69) is 14.9 Å². The van der Waals surface area contributed by atoms with Crippen LogP contribution in [0.15, 0.2) is 41.1 Å². The van der Waals surface area contributed by atoms with Crippen molar-refractivity contribution in [2.45, 2.75) is 82.0 Å². The number of esters is 1. The van der Waals surface area contributed by atoms with Crippen molar-refractivity contribution >= 4 is 11.8 Å². The first-order valence-electron chi connectivity index (χ1n) is 13.7. The summed E-state index contributed by atoms with van der Waals surface area (Å²) < 4.78 is 88.8. The fourth-order valence-corrected chi connectivity index (χ4v) is 6.13. The highest BCUT2D eigenvalue weighted by atomic mass is 19.4. The van der Waals surface area contributed by atoms with Crippen molar-refractivity contribution in [3.05, 3.63) is 59.0 Å². The van der Waals surface area contributed by atoms with E-state index in [1.165, 1.54) is 6.07 Å². The van der Waals surface area contributed by atoms with Crippen LogP contribution >= 0.6 is 0 Å². The van der Waals surface area contributed by atoms with Gasteiger partial charge in [-0.15, -0.1) is 0 Å². The average molecular weight is 594 g/mol. The highest BCUT2D eigenvalue weighted by Gasteiger charge is 2.44. The molecule has 3 aliphatic rings. The molecule has 2 saturated heterocycles. The van der Waals surface area contributed by atoms with Crippen molar-refractivity contribution in [3.63, 3.8) is 0 Å². The van der Waals surface area contributed by atoms with Gasteiger partial charge in [0.15, 0.2) is 0 Å². The SMILES string of the molecule is COC(=O)c1cnc(N2C3CC[C@H]2CC(OCc2c(-c4ccccc4OC(F)F)noc2C2CC2)C3)cc1C(F)(F)F. The van der Waals surface area contributed by atoms with Gasteiger partial charge in [0.2, 0.25) is 0 Å². The maximum absolute atomic E-state index is 13.8. The fourth-order valence-electron chi connectivity index (χ4n) is 6.13. The number of aromatic nitrogens is 2. The number of methoxy groups -OCH3 is 1. The summed E-state index contributed by atoms with van der Waals surface area (Å²) in [5, 5.41) is 4.21. The number of benzene rings is 1. The number of anilines is 1. The predicted octanol–water partition coefficient (Wildman–Crippen LogP) is 6.74. The molecule has 3 aromatic rings. The minimum absolute atomic E-state index is 0.0142. The number of alkyl halides is 5. The molecule has 1 aliphatic carbocycles. The van der Waals surface area contributed by atoms with E-state index in [0.29, 0.717) is 35.4 Å². The van der Waals surface area contributed by atoms with Gasteiger partial charge in [-0.2, -0.15) is 22.0 Å². The van der Waals surface area contributed by atoms with Crippen molar-refractivity contribution in [1.29, 1.82) is 0 Å². The zero-order valence-corrected chi connectivity index (χ0v) is 22.6. The predicted molar refractivity (Wildman–Crippen MR) is 138 cm³/mol. The summed E-state index contributed by atoms with van der Waals surface area (Å²) in [7, 11) is 1.02. The lowest BCUT2D eigenvalue weighted by Gasteiger charge is -2.40. The summed E-state index contributed by atoms with van der Waals surface area (Å²) in [6.07, 6.45) is 0.475. The van der Waals surface area contributed by atoms with Crippen LogP contribution in [0.25, 0.3) is 11.3 Å². The number of hydrogen-bond acceptors (Lipinski definition) is 8. The van der Waals surface area contributed by atoms with Gasteiger partial charge in [-0.05, 0) is 56.7 Å². The molecule has 1 saturated carbocycles. The first-order valence-corrected chi connectivity index (χ1v) is 13.7. The molecule has 0 N–H and O–H groups in total. The zero-order valence-electron chi connectivity index (χ0n) is 22.6. The maximum Gasteiger partial charge on any atom is 0.417 e. The number of carbonyl (C=O) groups is 1. The largest absolute Gasteiger partial charge is 0.465 e. The number of piperidine rings is 1. The second-order valence-corrected chi connectivity index (χ2v) is 10.8. The van der Waals surface area contributed by atoms with Gasteiger partial charge in [0.25, 0.3) is 0 Å². The van der Waals surface area contributed by atoms with Crippen LogP contribution in [-0.2, 0) is 22.3 Å². The van der Waals surface area contributed by atoms with Gasteiger partial charge in [0.05, 0.1) is 30.9 Å². The zero-order chi connectivity index (χ0) is 29.6. The molecule has 0 amide bonds. The van der Waals surface area contributed by atoms with Gasteiger partial charge in [0.1, 0.15) is 23.0 Å². The van der Waals surface area contributed by atoms with E-state index < -0.39 is 29.9 Å². The molecular weight excluding hydrogens is 565 g/mol. The Morgan fingerprint density at radius 2 is 1.83 bits per heavy atom. The van der Waals surface area contributed by atoms with E-state index >= 15 is 0 Å². The van der Waals surface area contributed by atoms with E-state index in [1.807, 2.05) is 4.90 Å². The van der Waals surface area contributed by atoms with Gasteiger partial charge < -0.3 is 23.6 Å². The van der Waals surface area contributed by atoms with Crippen molar-refractivity contribution in [2.75, 3.05) is 12.0 Å². The summed E-state index contributed by atoms with van der Waals surface area (Å²) >= 11 is 0. The molecule has 42 heavy (non-hydrogen) atoms. The monoisotopic (exact) mass is 593 g/mol. The van der Waals surface area contributed by atoms with Gasteiger partial charge in [-0.1, -0.05) is 17.3 Å². The average Bonchev–Trinajstić information content (AvgIpc) is 3.66. The molecule has 3 fully saturated rings. The second-order valence-electron chi connectivity index (χ2n) is 10.8. The van der Waals surface area contributed by atoms with Gasteiger partial charge in [0, 0.05) is 35.3 Å². The number of fused-ring (bicyclic) bond motifs is 2. The lowest BCUT2D eigenvalue weighted by atomic mass is 9.98. The Bertz CT molecular complexity index is 1440. The number of ether oxygens (including phenoxy) is 3. The Balaban J connectivity index is 1.20. The fraction of sp³-hybridized carbons (Fsp3) is 0.483. The summed E-state index contributed by atoms with van der Waals surface area (Å²) in [6, 6.07) is 7.10. The Labute approximate surface area is 237 Å². The van der Waals surface area contributed by atoms with Crippen molar-refractivity contribution in [1.82, 2.24) is 10.1 Å². The number of halogens is 5. The number of rotatable bonds is 9. The molecule has 2 aliphatic heterocycles. The van der Waals surface area contributed by atoms with Crippen molar-refractivity contribution in [2.24, 2.45) is 0 Å². The van der Waals surface area contributed by atoms with Crippen LogP contribution < -0.4 is 9.64 Å². The first kappa shape index (κ1) is 28.4. The Morgan fingerprint density at radius 3 is 2.48 bits per heavy atom. The smallest absolute Gasteiger partial charge is 0.417 e. The lowest BCUT2D eigenvalue weighted by molar-refractivity contribution is -0.138. The third kappa shape index (κ3) is 5.53. The highest BCUT2D eigenvalue weighted by Crippen LogP contribution is 2.46. The summed E-state index contributed by atoms with van der Waals surface area (Å²) in [5.41, 5.74) is -0.254. The van der Waals surface area contributed by atoms with Crippen LogP contribution in [0.4, 0.5) is 27.8 Å². The Hall–Kier alpha value is -3.74. The van der Waals surface area contributed by atoms with E-state index in [0.717, 1.165) is 45.1 Å². The van der Waals surface area contributed by atoms with E-state index in [-0.39, 0.29) is 42.3 Å². The van der Waals surface area contributed by atoms with Gasteiger partial charge >= 0.3 is 18.8 Å². The van der Waals surface area contributed by atoms with Crippen molar-refractivity contribution in [3.8, 4) is 17.0 Å². The number of para-hydroxylation sites is 1. The summed E-state index contributed by atoms with van der Waals surface area (Å²) in [6.45, 7) is -2.86. The quantitative estimate of drug-likeness (QED) is 0.199. The van der Waals surface area contributed by atoms with Crippen LogP contribution in [0.2, 0.25) is 0 Å². The summed E-state index contributed by atoms with van der Waals surface area (Å²) in [4.78, 5) is 18.0. The molecular formula is C29H28F5N3O5. The third-order valence-electron chi connectivity index (χ3n) is 8.14. The van der Waals surface area contributed by atoms with E-state index in [4.69, 9.17) is 14.0 Å². The number of carbonyl (C=O) groups excluding carboxylic acids is 1. The molecule has 2 aromatic heterocycles. The van der Waals surface area contributed by atoms with Gasteiger partial charge in [-0.3, -0.25) is 0 Å². The Kier molecular flexibility index (Phi) is 7.54. The topological polar surface area (TPSA) is 86.9 Å². The molecule has 0 spiro atoms. The van der Waals surface area contributed by atoms with E-state index in [9.17, 15) is 26.7 Å². The minimum atomic E-state index is -4.75. The molecule has 3 atom stereocenters.